The van der Waals surface area contributed by atoms with E-state index in [-0.39, 0.29) is 12.5 Å². The van der Waals surface area contributed by atoms with Gasteiger partial charge in [-0.1, -0.05) is 26.2 Å². The lowest BCUT2D eigenvalue weighted by atomic mass is 10.2. The van der Waals surface area contributed by atoms with E-state index in [2.05, 4.69) is 12.2 Å². The third-order valence-electron chi connectivity index (χ3n) is 3.08. The molecule has 1 rings (SSSR count). The Morgan fingerprint density at radius 2 is 2.00 bits per heavy atom. The second kappa shape index (κ2) is 10.5. The number of carbonyl (C=O) groups is 1. The molecule has 0 aliphatic rings. The molecule has 0 unspecified atom stereocenters. The van der Waals surface area contributed by atoms with E-state index in [1.807, 2.05) is 13.0 Å². The number of nitrogens with one attached hydrogen (secondary N) is 1. The molecule has 1 aromatic carbocycles. The number of nitriles is 1. The van der Waals surface area contributed by atoms with Crippen LogP contribution in [0.1, 0.15) is 45.1 Å². The maximum absolute atomic E-state index is 11.7. The third-order valence-corrected chi connectivity index (χ3v) is 3.08. The van der Waals surface area contributed by atoms with Crippen LogP contribution in [0.25, 0.3) is 0 Å². The van der Waals surface area contributed by atoms with Crippen molar-refractivity contribution >= 4 is 5.91 Å². The van der Waals surface area contributed by atoms with Crippen molar-refractivity contribution in [3.63, 3.8) is 0 Å². The van der Waals surface area contributed by atoms with E-state index in [0.717, 1.165) is 12.8 Å². The van der Waals surface area contributed by atoms with Crippen LogP contribution >= 0.6 is 0 Å². The summed E-state index contributed by atoms with van der Waals surface area (Å²) in [4.78, 5) is 11.7. The van der Waals surface area contributed by atoms with Gasteiger partial charge in [0.15, 0.2) is 18.1 Å². The summed E-state index contributed by atoms with van der Waals surface area (Å²) < 4.78 is 10.9. The molecule has 1 amide bonds. The summed E-state index contributed by atoms with van der Waals surface area (Å²) in [7, 11) is 0. The fourth-order valence-corrected chi connectivity index (χ4v) is 1.94. The smallest absolute Gasteiger partial charge is 0.257 e. The average Bonchev–Trinajstić information content (AvgIpc) is 2.53. The van der Waals surface area contributed by atoms with E-state index in [0.29, 0.717) is 30.2 Å². The van der Waals surface area contributed by atoms with Gasteiger partial charge in [-0.3, -0.25) is 4.79 Å². The number of unbranched alkanes of at least 4 members (excludes halogenated alkanes) is 3. The van der Waals surface area contributed by atoms with E-state index in [1.54, 1.807) is 18.2 Å². The van der Waals surface area contributed by atoms with Crippen LogP contribution in [0.5, 0.6) is 11.5 Å². The van der Waals surface area contributed by atoms with Crippen molar-refractivity contribution in [2.45, 2.75) is 39.5 Å². The minimum Gasteiger partial charge on any atom is -0.490 e. The quantitative estimate of drug-likeness (QED) is 0.674. The zero-order chi connectivity index (χ0) is 16.2. The van der Waals surface area contributed by atoms with Gasteiger partial charge in [0.1, 0.15) is 0 Å². The molecule has 0 radical (unpaired) electrons. The summed E-state index contributed by atoms with van der Waals surface area (Å²) in [5.74, 6) is 0.808. The number of nitrogens with zero attached hydrogens (tertiary/aromatic N) is 1. The second-order valence-electron chi connectivity index (χ2n) is 4.91. The van der Waals surface area contributed by atoms with E-state index in [4.69, 9.17) is 14.7 Å². The standard InChI is InChI=1S/C17H24N2O3/c1-3-5-6-7-10-19-17(20)13-22-15-9-8-14(12-18)11-16(15)21-4-2/h8-9,11H,3-7,10,13H2,1-2H3,(H,19,20). The van der Waals surface area contributed by atoms with Crippen LogP contribution < -0.4 is 14.8 Å². The van der Waals surface area contributed by atoms with Crippen molar-refractivity contribution in [3.8, 4) is 17.6 Å². The highest BCUT2D eigenvalue weighted by atomic mass is 16.5. The molecule has 0 fully saturated rings. The van der Waals surface area contributed by atoms with Gasteiger partial charge in [-0.2, -0.15) is 5.26 Å². The molecule has 5 heteroatoms. The van der Waals surface area contributed by atoms with Gasteiger partial charge in [0.2, 0.25) is 0 Å². The van der Waals surface area contributed by atoms with Gasteiger partial charge in [-0.25, -0.2) is 0 Å². The van der Waals surface area contributed by atoms with Gasteiger partial charge in [0.05, 0.1) is 18.2 Å². The Morgan fingerprint density at radius 1 is 1.18 bits per heavy atom. The van der Waals surface area contributed by atoms with E-state index >= 15 is 0 Å². The van der Waals surface area contributed by atoms with Gasteiger partial charge < -0.3 is 14.8 Å². The predicted molar refractivity (Wildman–Crippen MR) is 85.0 cm³/mol. The number of rotatable bonds is 10. The molecule has 0 saturated carbocycles. The normalized spacial score (nSPS) is 9.86. The Bertz CT molecular complexity index is 509. The van der Waals surface area contributed by atoms with Crippen LogP contribution in [0.3, 0.4) is 0 Å². The van der Waals surface area contributed by atoms with Gasteiger partial charge in [-0.05, 0) is 25.5 Å². The number of carbonyl (C=O) groups excluding carboxylic acids is 1. The number of hydrogen-bond donors (Lipinski definition) is 1. The molecule has 0 spiro atoms. The zero-order valence-corrected chi connectivity index (χ0v) is 13.4. The Hall–Kier alpha value is -2.22. The van der Waals surface area contributed by atoms with Crippen molar-refractivity contribution < 1.29 is 14.3 Å². The Balaban J connectivity index is 2.43. The molecule has 0 saturated heterocycles. The van der Waals surface area contributed by atoms with Gasteiger partial charge in [-0.15, -0.1) is 0 Å². The molecule has 120 valence electrons. The van der Waals surface area contributed by atoms with Gasteiger partial charge in [0.25, 0.3) is 5.91 Å². The lowest BCUT2D eigenvalue weighted by molar-refractivity contribution is -0.123. The highest BCUT2D eigenvalue weighted by Gasteiger charge is 2.09. The lowest BCUT2D eigenvalue weighted by Crippen LogP contribution is -2.29. The summed E-state index contributed by atoms with van der Waals surface area (Å²) in [5, 5.41) is 11.7. The first kappa shape index (κ1) is 17.8. The topological polar surface area (TPSA) is 71.3 Å². The predicted octanol–water partition coefficient (Wildman–Crippen LogP) is 3.03. The molecule has 1 aromatic rings. The van der Waals surface area contributed by atoms with Crippen LogP contribution in [0.4, 0.5) is 0 Å². The van der Waals surface area contributed by atoms with Gasteiger partial charge >= 0.3 is 0 Å². The first-order valence-corrected chi connectivity index (χ1v) is 7.77. The summed E-state index contributed by atoms with van der Waals surface area (Å²) in [6.45, 7) is 5.09. The number of hydrogen-bond acceptors (Lipinski definition) is 4. The number of amides is 1. The van der Waals surface area contributed by atoms with Crippen molar-refractivity contribution in [1.29, 1.82) is 5.26 Å². The average molecular weight is 304 g/mol. The molecule has 0 bridgehead atoms. The molecular formula is C17H24N2O3. The molecule has 1 N–H and O–H groups in total. The largest absolute Gasteiger partial charge is 0.490 e. The minimum absolute atomic E-state index is 0.0558. The first-order chi connectivity index (χ1) is 10.7. The molecule has 0 heterocycles. The maximum Gasteiger partial charge on any atom is 0.257 e. The van der Waals surface area contributed by atoms with Crippen LogP contribution in [-0.2, 0) is 4.79 Å². The minimum atomic E-state index is -0.150. The fraction of sp³-hybridized carbons (Fsp3) is 0.529. The van der Waals surface area contributed by atoms with E-state index in [9.17, 15) is 4.79 Å². The monoisotopic (exact) mass is 304 g/mol. The van der Waals surface area contributed by atoms with Crippen molar-refractivity contribution in [2.75, 3.05) is 19.8 Å². The Morgan fingerprint density at radius 3 is 2.68 bits per heavy atom. The highest BCUT2D eigenvalue weighted by molar-refractivity contribution is 5.77. The summed E-state index contributed by atoms with van der Waals surface area (Å²) >= 11 is 0. The van der Waals surface area contributed by atoms with Crippen molar-refractivity contribution in [3.05, 3.63) is 23.8 Å². The van der Waals surface area contributed by atoms with Crippen LogP contribution in [0.15, 0.2) is 18.2 Å². The number of benzene rings is 1. The van der Waals surface area contributed by atoms with Gasteiger partial charge in [0, 0.05) is 12.6 Å². The SMILES string of the molecule is CCCCCCNC(=O)COc1ccc(C#N)cc1OCC. The number of ether oxygens (including phenoxy) is 2. The summed E-state index contributed by atoms with van der Waals surface area (Å²) in [6, 6.07) is 6.95. The second-order valence-corrected chi connectivity index (χ2v) is 4.91. The highest BCUT2D eigenvalue weighted by Crippen LogP contribution is 2.28. The molecule has 0 aliphatic carbocycles. The van der Waals surface area contributed by atoms with Crippen LogP contribution in [-0.4, -0.2) is 25.7 Å². The van der Waals surface area contributed by atoms with Crippen LogP contribution in [0, 0.1) is 11.3 Å². The zero-order valence-electron chi connectivity index (χ0n) is 13.4. The van der Waals surface area contributed by atoms with Crippen molar-refractivity contribution in [2.24, 2.45) is 0 Å². The maximum atomic E-state index is 11.7. The summed E-state index contributed by atoms with van der Waals surface area (Å²) in [5.41, 5.74) is 0.496. The van der Waals surface area contributed by atoms with Crippen molar-refractivity contribution in [1.82, 2.24) is 5.32 Å². The van der Waals surface area contributed by atoms with E-state index < -0.39 is 0 Å². The molecule has 5 nitrogen and oxygen atoms in total. The molecule has 0 aliphatic heterocycles. The van der Waals surface area contributed by atoms with Crippen LogP contribution in [0.2, 0.25) is 0 Å². The Labute approximate surface area is 132 Å². The Kier molecular flexibility index (Phi) is 8.51. The van der Waals surface area contributed by atoms with E-state index in [1.165, 1.54) is 12.8 Å². The molecular weight excluding hydrogens is 280 g/mol. The molecule has 0 atom stereocenters. The third kappa shape index (κ3) is 6.49. The molecule has 0 aromatic heterocycles. The fourth-order valence-electron chi connectivity index (χ4n) is 1.94. The summed E-state index contributed by atoms with van der Waals surface area (Å²) in [6.07, 6.45) is 4.48. The lowest BCUT2D eigenvalue weighted by Gasteiger charge is -2.12. The molecule has 22 heavy (non-hydrogen) atoms. The first-order valence-electron chi connectivity index (χ1n) is 7.77.